The van der Waals surface area contributed by atoms with E-state index in [2.05, 4.69) is 15.3 Å². The maximum Gasteiger partial charge on any atom is 0.223 e. The predicted octanol–water partition coefficient (Wildman–Crippen LogP) is 0.924. The summed E-state index contributed by atoms with van der Waals surface area (Å²) < 4.78 is 11.0. The second kappa shape index (κ2) is 5.12. The van der Waals surface area contributed by atoms with Gasteiger partial charge in [-0.2, -0.15) is 0 Å². The fraction of sp³-hybridized carbons (Fsp3) is 0.636. The summed E-state index contributed by atoms with van der Waals surface area (Å²) in [4.78, 5) is 8.16. The zero-order valence-electron chi connectivity index (χ0n) is 9.69. The second-order valence-electron chi connectivity index (χ2n) is 3.90. The molecule has 1 saturated heterocycles. The number of nitrogens with zero attached hydrogens (tertiary/aromatic N) is 2. The zero-order chi connectivity index (χ0) is 11.4. The molecule has 0 aliphatic carbocycles. The quantitative estimate of drug-likeness (QED) is 0.826. The Kier molecular flexibility index (Phi) is 3.56. The van der Waals surface area contributed by atoms with Crippen LogP contribution in [0, 0.1) is 6.92 Å². The van der Waals surface area contributed by atoms with Crippen LogP contribution >= 0.6 is 0 Å². The van der Waals surface area contributed by atoms with Crippen molar-refractivity contribution in [1.29, 1.82) is 0 Å². The van der Waals surface area contributed by atoms with Crippen LogP contribution in [0.25, 0.3) is 0 Å². The Bertz CT molecular complexity index is 351. The number of aromatic nitrogens is 2. The molecular formula is C11H17N3O2. The molecule has 5 nitrogen and oxygen atoms in total. The molecule has 1 fully saturated rings. The van der Waals surface area contributed by atoms with E-state index in [1.807, 2.05) is 6.92 Å². The van der Waals surface area contributed by atoms with Crippen LogP contribution in [0.15, 0.2) is 6.33 Å². The minimum atomic E-state index is 0.201. The van der Waals surface area contributed by atoms with Crippen LogP contribution in [-0.2, 0) is 0 Å². The van der Waals surface area contributed by atoms with Crippen molar-refractivity contribution in [2.75, 3.05) is 20.2 Å². The van der Waals surface area contributed by atoms with Gasteiger partial charge < -0.3 is 14.8 Å². The van der Waals surface area contributed by atoms with Crippen molar-refractivity contribution in [3.05, 3.63) is 11.9 Å². The van der Waals surface area contributed by atoms with Gasteiger partial charge in [0.25, 0.3) is 0 Å². The molecule has 1 aliphatic rings. The van der Waals surface area contributed by atoms with Crippen molar-refractivity contribution in [3.8, 4) is 11.8 Å². The van der Waals surface area contributed by atoms with Gasteiger partial charge in [-0.1, -0.05) is 0 Å². The van der Waals surface area contributed by atoms with Gasteiger partial charge in [-0.25, -0.2) is 9.97 Å². The highest BCUT2D eigenvalue weighted by Gasteiger charge is 2.17. The molecule has 5 heteroatoms. The monoisotopic (exact) mass is 223 g/mol. The Morgan fingerprint density at radius 2 is 2.19 bits per heavy atom. The molecule has 1 atom stereocenters. The van der Waals surface area contributed by atoms with E-state index in [-0.39, 0.29) is 6.10 Å². The number of hydrogen-bond donors (Lipinski definition) is 1. The van der Waals surface area contributed by atoms with Crippen LogP contribution in [0.2, 0.25) is 0 Å². The van der Waals surface area contributed by atoms with Gasteiger partial charge in [0.2, 0.25) is 11.8 Å². The average Bonchev–Trinajstić information content (AvgIpc) is 2.33. The highest BCUT2D eigenvalue weighted by molar-refractivity contribution is 5.32. The van der Waals surface area contributed by atoms with Gasteiger partial charge in [0, 0.05) is 6.54 Å². The Balaban J connectivity index is 2.08. The Morgan fingerprint density at radius 3 is 2.88 bits per heavy atom. The molecule has 0 bridgehead atoms. The van der Waals surface area contributed by atoms with Crippen molar-refractivity contribution in [3.63, 3.8) is 0 Å². The maximum absolute atomic E-state index is 5.83. The van der Waals surface area contributed by atoms with Crippen LogP contribution in [-0.4, -0.2) is 36.3 Å². The van der Waals surface area contributed by atoms with E-state index in [9.17, 15) is 0 Å². The van der Waals surface area contributed by atoms with E-state index in [0.29, 0.717) is 11.8 Å². The van der Waals surface area contributed by atoms with E-state index >= 15 is 0 Å². The van der Waals surface area contributed by atoms with Crippen molar-refractivity contribution in [2.24, 2.45) is 0 Å². The number of piperidine rings is 1. The average molecular weight is 223 g/mol. The topological polar surface area (TPSA) is 56.3 Å². The van der Waals surface area contributed by atoms with Crippen molar-refractivity contribution in [2.45, 2.75) is 25.9 Å². The van der Waals surface area contributed by atoms with Gasteiger partial charge in [0.15, 0.2) is 0 Å². The van der Waals surface area contributed by atoms with Gasteiger partial charge in [-0.15, -0.1) is 0 Å². The fourth-order valence-electron chi connectivity index (χ4n) is 1.82. The van der Waals surface area contributed by atoms with Crippen LogP contribution in [0.5, 0.6) is 11.8 Å². The SMILES string of the molecule is COc1ncnc(O[C@H]2CCCNC2)c1C. The third-order valence-corrected chi connectivity index (χ3v) is 2.71. The van der Waals surface area contributed by atoms with Crippen LogP contribution in [0.4, 0.5) is 0 Å². The lowest BCUT2D eigenvalue weighted by Gasteiger charge is -2.24. The first-order valence-corrected chi connectivity index (χ1v) is 5.54. The summed E-state index contributed by atoms with van der Waals surface area (Å²) in [6.07, 6.45) is 3.88. The molecule has 0 saturated carbocycles. The first-order valence-electron chi connectivity index (χ1n) is 5.54. The standard InChI is InChI=1S/C11H17N3O2/c1-8-10(15-2)13-7-14-11(8)16-9-4-3-5-12-6-9/h7,9,12H,3-6H2,1-2H3/t9-/m0/s1. The van der Waals surface area contributed by atoms with Crippen LogP contribution in [0.1, 0.15) is 18.4 Å². The highest BCUT2D eigenvalue weighted by Crippen LogP contribution is 2.23. The number of methoxy groups -OCH3 is 1. The number of ether oxygens (including phenoxy) is 2. The summed E-state index contributed by atoms with van der Waals surface area (Å²) in [5.74, 6) is 1.20. The molecule has 2 heterocycles. The minimum absolute atomic E-state index is 0.201. The molecule has 16 heavy (non-hydrogen) atoms. The minimum Gasteiger partial charge on any atom is -0.481 e. The number of nitrogens with one attached hydrogen (secondary N) is 1. The molecule has 0 spiro atoms. The summed E-state index contributed by atoms with van der Waals surface area (Å²) in [7, 11) is 1.60. The Hall–Kier alpha value is -1.36. The second-order valence-corrected chi connectivity index (χ2v) is 3.90. The maximum atomic E-state index is 5.83. The van der Waals surface area contributed by atoms with E-state index in [0.717, 1.165) is 31.5 Å². The summed E-state index contributed by atoms with van der Waals surface area (Å²) in [5, 5.41) is 3.30. The highest BCUT2D eigenvalue weighted by atomic mass is 16.5. The Morgan fingerprint density at radius 1 is 1.38 bits per heavy atom. The number of hydrogen-bond acceptors (Lipinski definition) is 5. The molecule has 0 amide bonds. The largest absolute Gasteiger partial charge is 0.481 e. The van der Waals surface area contributed by atoms with Gasteiger partial charge in [-0.3, -0.25) is 0 Å². The first-order chi connectivity index (χ1) is 7.81. The summed E-state index contributed by atoms with van der Waals surface area (Å²) >= 11 is 0. The van der Waals surface area contributed by atoms with Crippen LogP contribution < -0.4 is 14.8 Å². The van der Waals surface area contributed by atoms with Gasteiger partial charge in [0.1, 0.15) is 12.4 Å². The third kappa shape index (κ3) is 2.41. The molecule has 1 aromatic rings. The summed E-state index contributed by atoms with van der Waals surface area (Å²) in [6, 6.07) is 0. The predicted molar refractivity (Wildman–Crippen MR) is 59.8 cm³/mol. The molecule has 1 aromatic heterocycles. The van der Waals surface area contributed by atoms with E-state index in [1.165, 1.54) is 6.33 Å². The normalized spacial score (nSPS) is 20.5. The van der Waals surface area contributed by atoms with Crippen molar-refractivity contribution >= 4 is 0 Å². The lowest BCUT2D eigenvalue weighted by atomic mass is 10.1. The summed E-state index contributed by atoms with van der Waals surface area (Å²) in [6.45, 7) is 3.86. The molecule has 0 unspecified atom stereocenters. The molecule has 2 rings (SSSR count). The summed E-state index contributed by atoms with van der Waals surface area (Å²) in [5.41, 5.74) is 0.857. The van der Waals surface area contributed by atoms with E-state index < -0.39 is 0 Å². The smallest absolute Gasteiger partial charge is 0.223 e. The lowest BCUT2D eigenvalue weighted by Crippen LogP contribution is -2.37. The van der Waals surface area contributed by atoms with Crippen molar-refractivity contribution in [1.82, 2.24) is 15.3 Å². The van der Waals surface area contributed by atoms with Crippen molar-refractivity contribution < 1.29 is 9.47 Å². The van der Waals surface area contributed by atoms with Gasteiger partial charge >= 0.3 is 0 Å². The Labute approximate surface area is 95.2 Å². The molecule has 0 radical (unpaired) electrons. The van der Waals surface area contributed by atoms with Gasteiger partial charge in [-0.05, 0) is 26.3 Å². The fourth-order valence-corrected chi connectivity index (χ4v) is 1.82. The first kappa shape index (κ1) is 11.1. The van der Waals surface area contributed by atoms with E-state index in [4.69, 9.17) is 9.47 Å². The molecule has 1 aliphatic heterocycles. The molecule has 0 aromatic carbocycles. The molecule has 1 N–H and O–H groups in total. The zero-order valence-corrected chi connectivity index (χ0v) is 9.69. The van der Waals surface area contributed by atoms with Gasteiger partial charge in [0.05, 0.1) is 12.7 Å². The molecular weight excluding hydrogens is 206 g/mol. The van der Waals surface area contributed by atoms with Crippen LogP contribution in [0.3, 0.4) is 0 Å². The lowest BCUT2D eigenvalue weighted by molar-refractivity contribution is 0.158. The number of rotatable bonds is 3. The molecule has 88 valence electrons. The van der Waals surface area contributed by atoms with E-state index in [1.54, 1.807) is 7.11 Å². The third-order valence-electron chi connectivity index (χ3n) is 2.71.